The summed E-state index contributed by atoms with van der Waals surface area (Å²) in [6, 6.07) is 15.2. The van der Waals surface area contributed by atoms with Gasteiger partial charge in [0.1, 0.15) is 18.1 Å². The van der Waals surface area contributed by atoms with Crippen molar-refractivity contribution in [1.82, 2.24) is 4.90 Å². The number of furan rings is 1. The highest BCUT2D eigenvalue weighted by Gasteiger charge is 2.36. The van der Waals surface area contributed by atoms with Crippen molar-refractivity contribution in [3.63, 3.8) is 0 Å². The van der Waals surface area contributed by atoms with Crippen molar-refractivity contribution in [1.29, 1.82) is 0 Å². The Kier molecular flexibility index (Phi) is 8.17. The van der Waals surface area contributed by atoms with E-state index in [-0.39, 0.29) is 22.1 Å². The maximum Gasteiger partial charge on any atom is 0.339 e. The maximum absolute atomic E-state index is 12.8. The Morgan fingerprint density at radius 1 is 1.14 bits per heavy atom. The molecule has 1 N–H and O–H groups in total. The molecule has 1 fully saturated rings. The first-order valence-corrected chi connectivity index (χ1v) is 12.9. The molecule has 0 aliphatic carbocycles. The minimum Gasteiger partial charge on any atom is -0.462 e. The Balaban J connectivity index is 1.46. The van der Waals surface area contributed by atoms with E-state index in [0.717, 1.165) is 20.2 Å². The first-order chi connectivity index (χ1) is 17.2. The average Bonchev–Trinajstić information content (AvgIpc) is 3.41. The lowest BCUT2D eigenvalue weighted by Gasteiger charge is -2.12. The maximum atomic E-state index is 12.8. The Hall–Kier alpha value is -3.09. The van der Waals surface area contributed by atoms with Crippen molar-refractivity contribution in [3.05, 3.63) is 79.4 Å². The van der Waals surface area contributed by atoms with Crippen LogP contribution in [-0.2, 0) is 14.3 Å². The molecule has 1 aromatic heterocycles. The number of nitrogens with one attached hydrogen (secondary N) is 1. The number of anilines is 1. The van der Waals surface area contributed by atoms with Crippen LogP contribution in [0.4, 0.5) is 10.5 Å². The monoisotopic (exact) mass is 636 g/mol. The molecule has 1 aliphatic heterocycles. The van der Waals surface area contributed by atoms with E-state index >= 15 is 0 Å². The number of benzene rings is 2. The number of ether oxygens (including phenoxy) is 1. The zero-order valence-corrected chi connectivity index (χ0v) is 22.5. The van der Waals surface area contributed by atoms with Gasteiger partial charge in [0.05, 0.1) is 22.1 Å². The van der Waals surface area contributed by atoms with Gasteiger partial charge in [-0.3, -0.25) is 19.3 Å². The SMILES string of the molecule is CCOC(=O)c1cc(-c2ccc(/C=C3/SC(=O)N(CC(=O)Nc4ccc(I)cc4)C3=O)o2)ccc1Cl. The zero-order valence-electron chi connectivity index (χ0n) is 18.7. The summed E-state index contributed by atoms with van der Waals surface area (Å²) in [5.74, 6) is -0.862. The van der Waals surface area contributed by atoms with Gasteiger partial charge in [0.2, 0.25) is 5.91 Å². The van der Waals surface area contributed by atoms with E-state index in [1.165, 1.54) is 6.08 Å². The molecule has 3 aromatic rings. The summed E-state index contributed by atoms with van der Waals surface area (Å²) in [5.41, 5.74) is 1.36. The minimum absolute atomic E-state index is 0.131. The molecule has 36 heavy (non-hydrogen) atoms. The van der Waals surface area contributed by atoms with E-state index < -0.39 is 29.6 Å². The molecule has 0 atom stereocenters. The Bertz CT molecular complexity index is 1390. The van der Waals surface area contributed by atoms with Crippen molar-refractivity contribution < 1.29 is 28.3 Å². The molecule has 0 bridgehead atoms. The van der Waals surface area contributed by atoms with Crippen LogP contribution in [0.2, 0.25) is 5.02 Å². The first-order valence-electron chi connectivity index (χ1n) is 10.6. The second kappa shape index (κ2) is 11.3. The van der Waals surface area contributed by atoms with Crippen LogP contribution in [0, 0.1) is 3.57 Å². The van der Waals surface area contributed by atoms with Crippen molar-refractivity contribution in [2.75, 3.05) is 18.5 Å². The number of thioether (sulfide) groups is 1. The van der Waals surface area contributed by atoms with Crippen LogP contribution in [-0.4, -0.2) is 41.1 Å². The van der Waals surface area contributed by atoms with Gasteiger partial charge in [0.25, 0.3) is 11.1 Å². The molecule has 4 rings (SSSR count). The summed E-state index contributed by atoms with van der Waals surface area (Å²) in [6.45, 7) is 1.51. The highest BCUT2D eigenvalue weighted by atomic mass is 127. The molecule has 0 unspecified atom stereocenters. The minimum atomic E-state index is -0.586. The molecule has 1 aliphatic rings. The molecule has 2 aromatic carbocycles. The summed E-state index contributed by atoms with van der Waals surface area (Å²) < 4.78 is 11.8. The topological polar surface area (TPSA) is 106 Å². The van der Waals surface area contributed by atoms with Gasteiger partial charge < -0.3 is 14.5 Å². The van der Waals surface area contributed by atoms with Gasteiger partial charge >= 0.3 is 5.97 Å². The fourth-order valence-corrected chi connectivity index (χ4v) is 4.64. The van der Waals surface area contributed by atoms with Crippen LogP contribution >= 0.6 is 46.0 Å². The quantitative estimate of drug-likeness (QED) is 0.191. The summed E-state index contributed by atoms with van der Waals surface area (Å²) >= 11 is 8.99. The molecule has 3 amide bonds. The van der Waals surface area contributed by atoms with Crippen molar-refractivity contribution >= 4 is 80.7 Å². The molecular formula is C25H18ClIN2O6S. The van der Waals surface area contributed by atoms with Crippen LogP contribution in [0.1, 0.15) is 23.0 Å². The molecule has 11 heteroatoms. The second-order valence-corrected chi connectivity index (χ2v) is 10.1. The van der Waals surface area contributed by atoms with Gasteiger partial charge in [-0.15, -0.1) is 0 Å². The predicted octanol–water partition coefficient (Wildman–Crippen LogP) is 6.06. The predicted molar refractivity (Wildman–Crippen MR) is 146 cm³/mol. The fourth-order valence-electron chi connectivity index (χ4n) is 3.27. The van der Waals surface area contributed by atoms with E-state index in [1.807, 2.05) is 12.1 Å². The number of hydrogen-bond donors (Lipinski definition) is 1. The number of amides is 3. The van der Waals surface area contributed by atoms with Gasteiger partial charge in [-0.1, -0.05) is 11.6 Å². The van der Waals surface area contributed by atoms with E-state index in [9.17, 15) is 19.2 Å². The smallest absolute Gasteiger partial charge is 0.339 e. The number of carbonyl (C=O) groups is 4. The second-order valence-electron chi connectivity index (χ2n) is 7.44. The first kappa shape index (κ1) is 26.0. The number of hydrogen-bond acceptors (Lipinski definition) is 7. The highest BCUT2D eigenvalue weighted by molar-refractivity contribution is 14.1. The largest absolute Gasteiger partial charge is 0.462 e. The number of halogens is 2. The molecule has 0 spiro atoms. The summed E-state index contributed by atoms with van der Waals surface area (Å²) in [5, 5.41) is 2.37. The third-order valence-corrected chi connectivity index (χ3v) is 6.91. The molecule has 2 heterocycles. The highest BCUT2D eigenvalue weighted by Crippen LogP contribution is 2.34. The average molecular weight is 637 g/mol. The lowest BCUT2D eigenvalue weighted by atomic mass is 10.1. The van der Waals surface area contributed by atoms with Crippen LogP contribution in [0.5, 0.6) is 0 Å². The van der Waals surface area contributed by atoms with E-state index in [0.29, 0.717) is 22.8 Å². The Morgan fingerprint density at radius 2 is 1.89 bits per heavy atom. The van der Waals surface area contributed by atoms with Crippen LogP contribution in [0.3, 0.4) is 0 Å². The van der Waals surface area contributed by atoms with Gasteiger partial charge in [0.15, 0.2) is 0 Å². The van der Waals surface area contributed by atoms with E-state index in [4.69, 9.17) is 20.8 Å². The van der Waals surface area contributed by atoms with Crippen molar-refractivity contribution in [2.45, 2.75) is 6.92 Å². The number of rotatable bonds is 7. The lowest BCUT2D eigenvalue weighted by molar-refractivity contribution is -0.127. The number of nitrogens with zero attached hydrogens (tertiary/aromatic N) is 1. The third-order valence-electron chi connectivity index (χ3n) is 4.95. The van der Waals surface area contributed by atoms with Gasteiger partial charge in [0, 0.05) is 20.9 Å². The van der Waals surface area contributed by atoms with Gasteiger partial charge in [-0.05, 0) is 95.9 Å². The summed E-state index contributed by atoms with van der Waals surface area (Å²) in [7, 11) is 0. The number of esters is 1. The fraction of sp³-hybridized carbons (Fsp3) is 0.120. The molecule has 8 nitrogen and oxygen atoms in total. The number of imide groups is 1. The molecular weight excluding hydrogens is 619 g/mol. The zero-order chi connectivity index (χ0) is 25.8. The van der Waals surface area contributed by atoms with Crippen LogP contribution in [0.25, 0.3) is 17.4 Å². The van der Waals surface area contributed by atoms with Gasteiger partial charge in [-0.25, -0.2) is 4.79 Å². The molecule has 0 saturated carbocycles. The van der Waals surface area contributed by atoms with Crippen molar-refractivity contribution in [3.8, 4) is 11.3 Å². The van der Waals surface area contributed by atoms with E-state index in [1.54, 1.807) is 49.4 Å². The Morgan fingerprint density at radius 3 is 2.61 bits per heavy atom. The summed E-state index contributed by atoms with van der Waals surface area (Å²) in [6.07, 6.45) is 1.44. The van der Waals surface area contributed by atoms with Crippen LogP contribution < -0.4 is 5.32 Å². The van der Waals surface area contributed by atoms with E-state index in [2.05, 4.69) is 27.9 Å². The molecule has 184 valence electrons. The standard InChI is InChI=1S/C25H18ClIN2O6S/c1-2-34-24(32)18-11-14(3-9-19(18)26)20-10-8-17(35-20)12-21-23(31)29(25(33)36-21)13-22(30)28-16-6-4-15(27)5-7-16/h3-12H,2,13H2,1H3,(H,28,30)/b21-12+. The van der Waals surface area contributed by atoms with Crippen LogP contribution in [0.15, 0.2) is 63.9 Å². The summed E-state index contributed by atoms with van der Waals surface area (Å²) in [4.78, 5) is 50.7. The molecule has 1 saturated heterocycles. The molecule has 0 radical (unpaired) electrons. The normalized spacial score (nSPS) is 14.4. The third kappa shape index (κ3) is 6.00. The van der Waals surface area contributed by atoms with Gasteiger partial charge in [-0.2, -0.15) is 0 Å². The Labute approximate surface area is 229 Å². The van der Waals surface area contributed by atoms with Crippen molar-refractivity contribution in [2.24, 2.45) is 0 Å². The lowest BCUT2D eigenvalue weighted by Crippen LogP contribution is -2.36. The number of carbonyl (C=O) groups excluding carboxylic acids is 4.